The van der Waals surface area contributed by atoms with Crippen LogP contribution < -0.4 is 10.1 Å². The Hall–Kier alpha value is -3.33. The lowest BCUT2D eigenvalue weighted by Crippen LogP contribution is -2.30. The molecule has 9 heteroatoms. The van der Waals surface area contributed by atoms with Gasteiger partial charge in [0.1, 0.15) is 36.2 Å². The van der Waals surface area contributed by atoms with Crippen molar-refractivity contribution in [1.29, 1.82) is 0 Å². The monoisotopic (exact) mass is 386 g/mol. The second kappa shape index (κ2) is 8.57. The zero-order valence-corrected chi connectivity index (χ0v) is 15.3. The first-order chi connectivity index (χ1) is 13.5. The Kier molecular flexibility index (Phi) is 5.95. The maximum absolute atomic E-state index is 13.1. The Balaban J connectivity index is 1.74. The number of aliphatic hydroxyl groups is 1. The molecule has 0 radical (unpaired) electrons. The van der Waals surface area contributed by atoms with Crippen molar-refractivity contribution in [2.45, 2.75) is 33.1 Å². The molecule has 28 heavy (non-hydrogen) atoms. The molecule has 146 valence electrons. The molecule has 0 spiro atoms. The minimum Gasteiger partial charge on any atom is -0.487 e. The normalized spacial score (nSPS) is 10.9. The molecule has 0 saturated heterocycles. The Morgan fingerprint density at radius 3 is 2.68 bits per heavy atom. The molecule has 0 aromatic carbocycles. The second-order valence-electron chi connectivity index (χ2n) is 6.25. The summed E-state index contributed by atoms with van der Waals surface area (Å²) < 4.78 is 23.9. The van der Waals surface area contributed by atoms with Crippen LogP contribution in [0.2, 0.25) is 0 Å². The lowest BCUT2D eigenvalue weighted by Gasteiger charge is -2.09. The van der Waals surface area contributed by atoms with Gasteiger partial charge in [0.15, 0.2) is 5.76 Å². The van der Waals surface area contributed by atoms with E-state index in [1.807, 2.05) is 13.8 Å². The van der Waals surface area contributed by atoms with Crippen molar-refractivity contribution in [3.8, 4) is 17.1 Å². The fourth-order valence-corrected chi connectivity index (χ4v) is 2.43. The summed E-state index contributed by atoms with van der Waals surface area (Å²) in [5.74, 6) is -0.0980. The lowest BCUT2D eigenvalue weighted by atomic mass is 10.1. The first-order valence-corrected chi connectivity index (χ1v) is 8.58. The number of ether oxygens (including phenoxy) is 1. The van der Waals surface area contributed by atoms with Gasteiger partial charge in [-0.05, 0) is 38.1 Å². The van der Waals surface area contributed by atoms with Crippen LogP contribution in [-0.2, 0) is 13.2 Å². The van der Waals surface area contributed by atoms with Gasteiger partial charge in [-0.3, -0.25) is 9.78 Å². The van der Waals surface area contributed by atoms with E-state index in [0.717, 1.165) is 6.20 Å². The predicted octanol–water partition coefficient (Wildman–Crippen LogP) is 2.48. The van der Waals surface area contributed by atoms with Crippen LogP contribution in [0.4, 0.5) is 4.39 Å². The fourth-order valence-electron chi connectivity index (χ4n) is 2.43. The average Bonchev–Trinajstić information content (AvgIpc) is 3.09. The van der Waals surface area contributed by atoms with Crippen molar-refractivity contribution in [3.05, 3.63) is 59.5 Å². The molecule has 0 fully saturated rings. The number of nitrogens with zero attached hydrogens (tertiary/aromatic N) is 3. The predicted molar refractivity (Wildman–Crippen MR) is 96.8 cm³/mol. The zero-order valence-electron chi connectivity index (χ0n) is 15.3. The molecule has 0 aliphatic heterocycles. The van der Waals surface area contributed by atoms with Gasteiger partial charge in [-0.1, -0.05) is 5.16 Å². The van der Waals surface area contributed by atoms with Crippen molar-refractivity contribution < 1.29 is 23.6 Å². The van der Waals surface area contributed by atoms with Gasteiger partial charge in [0.2, 0.25) is 0 Å². The second-order valence-corrected chi connectivity index (χ2v) is 6.25. The highest BCUT2D eigenvalue weighted by Crippen LogP contribution is 2.26. The zero-order chi connectivity index (χ0) is 20.1. The molecule has 0 unspecified atom stereocenters. The van der Waals surface area contributed by atoms with Crippen LogP contribution in [0.25, 0.3) is 11.4 Å². The van der Waals surface area contributed by atoms with E-state index >= 15 is 0 Å². The van der Waals surface area contributed by atoms with Crippen LogP contribution in [0, 0.1) is 5.82 Å². The van der Waals surface area contributed by atoms with Crippen LogP contribution in [0.15, 0.2) is 41.2 Å². The van der Waals surface area contributed by atoms with Crippen LogP contribution in [-0.4, -0.2) is 32.2 Å². The molecular formula is C19H19FN4O4. The van der Waals surface area contributed by atoms with E-state index in [9.17, 15) is 14.3 Å². The van der Waals surface area contributed by atoms with Gasteiger partial charge < -0.3 is 19.7 Å². The van der Waals surface area contributed by atoms with E-state index in [1.54, 1.807) is 12.1 Å². The number of aromatic nitrogens is 3. The van der Waals surface area contributed by atoms with Crippen molar-refractivity contribution in [1.82, 2.24) is 20.4 Å². The van der Waals surface area contributed by atoms with Gasteiger partial charge in [0, 0.05) is 6.04 Å². The molecule has 3 aromatic rings. The molecule has 3 heterocycles. The van der Waals surface area contributed by atoms with Crippen molar-refractivity contribution >= 4 is 5.91 Å². The molecule has 3 rings (SSSR count). The largest absolute Gasteiger partial charge is 0.487 e. The van der Waals surface area contributed by atoms with E-state index in [1.165, 1.54) is 18.3 Å². The van der Waals surface area contributed by atoms with E-state index in [0.29, 0.717) is 22.7 Å². The number of rotatable bonds is 7. The highest BCUT2D eigenvalue weighted by Gasteiger charge is 2.19. The van der Waals surface area contributed by atoms with Crippen molar-refractivity contribution in [2.24, 2.45) is 0 Å². The maximum atomic E-state index is 13.1. The minimum absolute atomic E-state index is 0.00853. The molecule has 0 bridgehead atoms. The van der Waals surface area contributed by atoms with Gasteiger partial charge in [-0.25, -0.2) is 9.37 Å². The van der Waals surface area contributed by atoms with E-state index in [4.69, 9.17) is 9.26 Å². The Morgan fingerprint density at radius 2 is 2.07 bits per heavy atom. The molecule has 0 saturated carbocycles. The quantitative estimate of drug-likeness (QED) is 0.642. The van der Waals surface area contributed by atoms with Gasteiger partial charge in [-0.15, -0.1) is 0 Å². The van der Waals surface area contributed by atoms with Crippen LogP contribution in [0.1, 0.15) is 35.7 Å². The topological polar surface area (TPSA) is 110 Å². The third-order valence-corrected chi connectivity index (χ3v) is 3.76. The van der Waals surface area contributed by atoms with E-state index in [2.05, 4.69) is 20.4 Å². The number of aliphatic hydroxyl groups excluding tert-OH is 1. The van der Waals surface area contributed by atoms with Crippen LogP contribution in [0.3, 0.4) is 0 Å². The highest BCUT2D eigenvalue weighted by atomic mass is 19.1. The number of hydrogen-bond acceptors (Lipinski definition) is 7. The summed E-state index contributed by atoms with van der Waals surface area (Å²) in [7, 11) is 0. The van der Waals surface area contributed by atoms with E-state index in [-0.39, 0.29) is 36.6 Å². The first kappa shape index (κ1) is 19.4. The molecule has 1 amide bonds. The Morgan fingerprint density at radius 1 is 1.25 bits per heavy atom. The Bertz CT molecular complexity index is 940. The summed E-state index contributed by atoms with van der Waals surface area (Å²) in [4.78, 5) is 20.0. The summed E-state index contributed by atoms with van der Waals surface area (Å²) in [6.45, 7) is 3.37. The number of carbonyl (C=O) groups is 1. The number of pyridine rings is 2. The average molecular weight is 386 g/mol. The lowest BCUT2D eigenvalue weighted by molar-refractivity contribution is 0.0938. The van der Waals surface area contributed by atoms with Crippen molar-refractivity contribution in [2.75, 3.05) is 0 Å². The fraction of sp³-hybridized carbons (Fsp3) is 0.263. The minimum atomic E-state index is -0.472. The van der Waals surface area contributed by atoms with Gasteiger partial charge in [0.05, 0.1) is 23.7 Å². The first-order valence-electron chi connectivity index (χ1n) is 8.58. The standard InChI is InChI=1S/C19H19FN4O4/c1-11(2)23-19(26)16-6-4-13(8-22-16)27-10-14-17(9-25)28-24-18(14)15-5-3-12(20)7-21-15/h3-8,11,25H,9-10H2,1-2H3,(H,23,26). The third-order valence-electron chi connectivity index (χ3n) is 3.76. The molecule has 3 aromatic heterocycles. The maximum Gasteiger partial charge on any atom is 0.270 e. The number of halogens is 1. The molecule has 0 aliphatic rings. The third kappa shape index (κ3) is 4.49. The number of nitrogens with one attached hydrogen (secondary N) is 1. The molecular weight excluding hydrogens is 367 g/mol. The number of hydrogen-bond donors (Lipinski definition) is 2. The number of amides is 1. The summed E-state index contributed by atoms with van der Waals surface area (Å²) in [5.41, 5.74) is 1.51. The SMILES string of the molecule is CC(C)NC(=O)c1ccc(OCc2c(-c3ccc(F)cn3)noc2CO)cn1. The molecule has 0 atom stereocenters. The molecule has 2 N–H and O–H groups in total. The van der Waals surface area contributed by atoms with Gasteiger partial charge >= 0.3 is 0 Å². The molecule has 0 aliphatic carbocycles. The molecule has 8 nitrogen and oxygen atoms in total. The van der Waals surface area contributed by atoms with Crippen LogP contribution in [0.5, 0.6) is 5.75 Å². The van der Waals surface area contributed by atoms with Crippen LogP contribution >= 0.6 is 0 Å². The summed E-state index contributed by atoms with van der Waals surface area (Å²) in [6, 6.07) is 5.89. The van der Waals surface area contributed by atoms with E-state index < -0.39 is 5.82 Å². The highest BCUT2D eigenvalue weighted by molar-refractivity contribution is 5.92. The van der Waals surface area contributed by atoms with Crippen molar-refractivity contribution in [3.63, 3.8) is 0 Å². The summed E-state index contributed by atoms with van der Waals surface area (Å²) >= 11 is 0. The smallest absolute Gasteiger partial charge is 0.270 e. The summed E-state index contributed by atoms with van der Waals surface area (Å²) in [5, 5.41) is 16.1. The number of carbonyl (C=O) groups excluding carboxylic acids is 1. The van der Waals surface area contributed by atoms with Gasteiger partial charge in [-0.2, -0.15) is 0 Å². The van der Waals surface area contributed by atoms with Gasteiger partial charge in [0.25, 0.3) is 5.91 Å². The summed E-state index contributed by atoms with van der Waals surface area (Å²) in [6.07, 6.45) is 2.50. The Labute approximate surface area is 160 Å².